The van der Waals surface area contributed by atoms with E-state index < -0.39 is 5.60 Å². The normalized spacial score (nSPS) is 26.7. The van der Waals surface area contributed by atoms with Crippen LogP contribution in [0.4, 0.5) is 5.69 Å². The summed E-state index contributed by atoms with van der Waals surface area (Å²) < 4.78 is 0. The fourth-order valence-corrected chi connectivity index (χ4v) is 2.96. The van der Waals surface area contributed by atoms with Gasteiger partial charge in [0, 0.05) is 6.54 Å². The molecule has 1 aliphatic carbocycles. The van der Waals surface area contributed by atoms with E-state index in [1.165, 1.54) is 6.42 Å². The minimum Gasteiger partial charge on any atom is -0.388 e. The van der Waals surface area contributed by atoms with Crippen LogP contribution >= 0.6 is 0 Å². The molecule has 0 spiro atoms. The highest BCUT2D eigenvalue weighted by molar-refractivity contribution is 5.58. The Hall–Kier alpha value is -1.53. The topological polar surface area (TPSA) is 56.0 Å². The highest BCUT2D eigenvalue weighted by Crippen LogP contribution is 2.32. The zero-order valence-corrected chi connectivity index (χ0v) is 11.7. The first kappa shape index (κ1) is 13.9. The number of nitriles is 1. The van der Waals surface area contributed by atoms with Gasteiger partial charge >= 0.3 is 0 Å². The van der Waals surface area contributed by atoms with Crippen LogP contribution in [0.15, 0.2) is 18.2 Å². The molecule has 3 heteroatoms. The zero-order valence-electron chi connectivity index (χ0n) is 11.7. The van der Waals surface area contributed by atoms with Gasteiger partial charge in [0.25, 0.3) is 0 Å². The summed E-state index contributed by atoms with van der Waals surface area (Å²) in [6.07, 6.45) is 3.97. The first-order valence-electron chi connectivity index (χ1n) is 6.99. The molecule has 3 nitrogen and oxygen atoms in total. The summed E-state index contributed by atoms with van der Waals surface area (Å²) in [6, 6.07) is 7.98. The summed E-state index contributed by atoms with van der Waals surface area (Å²) in [5.41, 5.74) is 1.91. The molecular formula is C16H22N2O. The third-order valence-corrected chi connectivity index (χ3v) is 3.97. The average molecular weight is 258 g/mol. The molecule has 1 aromatic carbocycles. The number of benzene rings is 1. The van der Waals surface area contributed by atoms with Crippen molar-refractivity contribution in [2.75, 3.05) is 11.9 Å². The van der Waals surface area contributed by atoms with Crippen LogP contribution in [-0.2, 0) is 0 Å². The van der Waals surface area contributed by atoms with Gasteiger partial charge in [-0.25, -0.2) is 0 Å². The van der Waals surface area contributed by atoms with Gasteiger partial charge in [0.05, 0.1) is 16.9 Å². The SMILES string of the molecule is Cc1ccc(NCC2(O)CCCC(C)C2)c(C#N)c1. The van der Waals surface area contributed by atoms with Crippen LogP contribution in [-0.4, -0.2) is 17.3 Å². The molecular weight excluding hydrogens is 236 g/mol. The standard InChI is InChI=1S/C16H22N2O/c1-12-5-6-15(14(8-12)10-17)18-11-16(19)7-3-4-13(2)9-16/h5-6,8,13,18-19H,3-4,7,9,11H2,1-2H3. The van der Waals surface area contributed by atoms with Crippen LogP contribution in [0.1, 0.15) is 43.7 Å². The Labute approximate surface area is 115 Å². The number of anilines is 1. The summed E-state index contributed by atoms with van der Waals surface area (Å²) in [5, 5.41) is 23.0. The van der Waals surface area contributed by atoms with Crippen LogP contribution in [0, 0.1) is 24.2 Å². The molecule has 0 amide bonds. The number of nitrogens with zero attached hydrogens (tertiary/aromatic N) is 1. The van der Waals surface area contributed by atoms with Crippen LogP contribution in [0.5, 0.6) is 0 Å². The second kappa shape index (κ2) is 5.63. The van der Waals surface area contributed by atoms with Crippen molar-refractivity contribution in [2.24, 2.45) is 5.92 Å². The van der Waals surface area contributed by atoms with E-state index in [2.05, 4.69) is 18.3 Å². The van der Waals surface area contributed by atoms with Gasteiger partial charge in [0.1, 0.15) is 6.07 Å². The molecule has 2 unspecified atom stereocenters. The monoisotopic (exact) mass is 258 g/mol. The molecule has 0 bridgehead atoms. The molecule has 0 saturated heterocycles. The number of hydrogen-bond donors (Lipinski definition) is 2. The third-order valence-electron chi connectivity index (χ3n) is 3.97. The lowest BCUT2D eigenvalue weighted by Gasteiger charge is -2.36. The Balaban J connectivity index is 2.04. The Kier molecular flexibility index (Phi) is 4.11. The number of aryl methyl sites for hydroxylation is 1. The summed E-state index contributed by atoms with van der Waals surface area (Å²) in [5.74, 6) is 0.578. The molecule has 2 rings (SSSR count). The summed E-state index contributed by atoms with van der Waals surface area (Å²) in [7, 11) is 0. The fraction of sp³-hybridized carbons (Fsp3) is 0.562. The highest BCUT2D eigenvalue weighted by Gasteiger charge is 2.32. The van der Waals surface area contributed by atoms with E-state index in [4.69, 9.17) is 5.26 Å². The van der Waals surface area contributed by atoms with E-state index in [9.17, 15) is 5.11 Å². The lowest BCUT2D eigenvalue weighted by atomic mass is 9.79. The van der Waals surface area contributed by atoms with Crippen LogP contribution < -0.4 is 5.32 Å². The van der Waals surface area contributed by atoms with Crippen molar-refractivity contribution >= 4 is 5.69 Å². The molecule has 0 radical (unpaired) electrons. The van der Waals surface area contributed by atoms with Crippen LogP contribution in [0.25, 0.3) is 0 Å². The molecule has 0 heterocycles. The largest absolute Gasteiger partial charge is 0.388 e. The van der Waals surface area contributed by atoms with Gasteiger partial charge in [-0.3, -0.25) is 0 Å². The van der Waals surface area contributed by atoms with Gasteiger partial charge in [-0.15, -0.1) is 0 Å². The van der Waals surface area contributed by atoms with Crippen molar-refractivity contribution in [1.82, 2.24) is 0 Å². The van der Waals surface area contributed by atoms with Crippen molar-refractivity contribution in [1.29, 1.82) is 5.26 Å². The number of nitrogens with one attached hydrogen (secondary N) is 1. The first-order valence-corrected chi connectivity index (χ1v) is 6.99. The molecule has 1 aromatic rings. The minimum atomic E-state index is -0.630. The quantitative estimate of drug-likeness (QED) is 0.875. The molecule has 2 atom stereocenters. The van der Waals surface area contributed by atoms with Gasteiger partial charge in [0.15, 0.2) is 0 Å². The van der Waals surface area contributed by atoms with E-state index in [1.807, 2.05) is 25.1 Å². The highest BCUT2D eigenvalue weighted by atomic mass is 16.3. The van der Waals surface area contributed by atoms with E-state index >= 15 is 0 Å². The van der Waals surface area contributed by atoms with Crippen molar-refractivity contribution < 1.29 is 5.11 Å². The maximum Gasteiger partial charge on any atom is 0.101 e. The lowest BCUT2D eigenvalue weighted by molar-refractivity contribution is -0.000763. The van der Waals surface area contributed by atoms with Gasteiger partial charge in [-0.05, 0) is 43.4 Å². The van der Waals surface area contributed by atoms with Crippen LogP contribution in [0.3, 0.4) is 0 Å². The fourth-order valence-electron chi connectivity index (χ4n) is 2.96. The van der Waals surface area contributed by atoms with Gasteiger partial charge in [-0.2, -0.15) is 5.26 Å². The van der Waals surface area contributed by atoms with Crippen LogP contribution in [0.2, 0.25) is 0 Å². The third kappa shape index (κ3) is 3.48. The predicted octanol–water partition coefficient (Wildman–Crippen LogP) is 3.22. The van der Waals surface area contributed by atoms with Crippen molar-refractivity contribution in [3.63, 3.8) is 0 Å². The Morgan fingerprint density at radius 3 is 3.00 bits per heavy atom. The van der Waals surface area contributed by atoms with Crippen molar-refractivity contribution in [2.45, 2.75) is 45.1 Å². The Bertz CT molecular complexity index is 492. The molecule has 2 N–H and O–H groups in total. The minimum absolute atomic E-state index is 0.523. The van der Waals surface area contributed by atoms with E-state index in [-0.39, 0.29) is 0 Å². The summed E-state index contributed by atoms with van der Waals surface area (Å²) in [4.78, 5) is 0. The number of rotatable bonds is 3. The molecule has 0 aliphatic heterocycles. The smallest absolute Gasteiger partial charge is 0.101 e. The van der Waals surface area contributed by atoms with Gasteiger partial charge in [0.2, 0.25) is 0 Å². The molecule has 1 saturated carbocycles. The molecule has 1 fully saturated rings. The Morgan fingerprint density at radius 2 is 2.32 bits per heavy atom. The van der Waals surface area contributed by atoms with E-state index in [0.29, 0.717) is 18.0 Å². The molecule has 19 heavy (non-hydrogen) atoms. The van der Waals surface area contributed by atoms with Gasteiger partial charge < -0.3 is 10.4 Å². The van der Waals surface area contributed by atoms with Gasteiger partial charge in [-0.1, -0.05) is 25.8 Å². The predicted molar refractivity (Wildman–Crippen MR) is 77.0 cm³/mol. The summed E-state index contributed by atoms with van der Waals surface area (Å²) >= 11 is 0. The average Bonchev–Trinajstić information content (AvgIpc) is 2.37. The van der Waals surface area contributed by atoms with Crippen molar-refractivity contribution in [3.05, 3.63) is 29.3 Å². The van der Waals surface area contributed by atoms with E-state index in [1.54, 1.807) is 0 Å². The molecule has 0 aromatic heterocycles. The number of aliphatic hydroxyl groups is 1. The second-order valence-electron chi connectivity index (χ2n) is 5.94. The molecule has 1 aliphatic rings. The first-order chi connectivity index (χ1) is 9.02. The maximum atomic E-state index is 10.6. The van der Waals surface area contributed by atoms with E-state index in [0.717, 1.165) is 30.5 Å². The maximum absolute atomic E-state index is 10.6. The zero-order chi connectivity index (χ0) is 13.9. The second-order valence-corrected chi connectivity index (χ2v) is 5.94. The van der Waals surface area contributed by atoms with Crippen molar-refractivity contribution in [3.8, 4) is 6.07 Å². The number of hydrogen-bond acceptors (Lipinski definition) is 3. The summed E-state index contributed by atoms with van der Waals surface area (Å²) in [6.45, 7) is 4.69. The Morgan fingerprint density at radius 1 is 1.53 bits per heavy atom. The molecule has 102 valence electrons. The lowest BCUT2D eigenvalue weighted by Crippen LogP contribution is -2.41.